The average molecular weight is 377 g/mol. The topological polar surface area (TPSA) is 76.7 Å². The molecule has 0 heterocycles. The number of hydrogen-bond acceptors (Lipinski definition) is 4. The second-order valence-corrected chi connectivity index (χ2v) is 5.98. The van der Waals surface area contributed by atoms with Crippen molar-refractivity contribution in [1.29, 1.82) is 0 Å². The highest BCUT2D eigenvalue weighted by Crippen LogP contribution is 2.25. The van der Waals surface area contributed by atoms with E-state index in [9.17, 15) is 9.59 Å². The number of aryl methyl sites for hydroxylation is 1. The van der Waals surface area contributed by atoms with Crippen LogP contribution in [0.4, 0.5) is 11.4 Å². The van der Waals surface area contributed by atoms with Gasteiger partial charge in [0.25, 0.3) is 0 Å². The number of anilines is 2. The molecule has 0 unspecified atom stereocenters. The van der Waals surface area contributed by atoms with Gasteiger partial charge >= 0.3 is 0 Å². The van der Waals surface area contributed by atoms with E-state index in [1.54, 1.807) is 25.3 Å². The number of carbonyl (C=O) groups is 2. The number of nitrogens with one attached hydrogen (secondary N) is 2. The average Bonchev–Trinajstić information content (AvgIpc) is 2.63. The molecule has 0 saturated carbocycles. The number of amides is 2. The maximum atomic E-state index is 12.1. The van der Waals surface area contributed by atoms with E-state index in [4.69, 9.17) is 21.1 Å². The van der Waals surface area contributed by atoms with Gasteiger partial charge in [0.15, 0.2) is 0 Å². The van der Waals surface area contributed by atoms with Crippen LogP contribution in [0.3, 0.4) is 0 Å². The Kier molecular flexibility index (Phi) is 7.44. The van der Waals surface area contributed by atoms with Gasteiger partial charge in [-0.15, -0.1) is 0 Å². The molecular formula is C19H21ClN2O4. The van der Waals surface area contributed by atoms with Crippen LogP contribution in [0.25, 0.3) is 0 Å². The second kappa shape index (κ2) is 9.79. The zero-order valence-corrected chi connectivity index (χ0v) is 15.4. The van der Waals surface area contributed by atoms with Crippen LogP contribution in [0.1, 0.15) is 12.0 Å². The first kappa shape index (κ1) is 19.8. The SMILES string of the molecule is COCC(=O)Nc1ccc(NC(=O)CCc2ccc(OC)cc2)cc1Cl. The molecule has 0 aliphatic rings. The van der Waals surface area contributed by atoms with Crippen molar-refractivity contribution in [1.82, 2.24) is 0 Å². The van der Waals surface area contributed by atoms with E-state index in [-0.39, 0.29) is 18.4 Å². The summed E-state index contributed by atoms with van der Waals surface area (Å²) < 4.78 is 9.86. The molecule has 2 N–H and O–H groups in total. The molecule has 7 heteroatoms. The number of rotatable bonds is 8. The van der Waals surface area contributed by atoms with Crippen LogP contribution >= 0.6 is 11.6 Å². The largest absolute Gasteiger partial charge is 0.497 e. The minimum Gasteiger partial charge on any atom is -0.497 e. The third-order valence-corrected chi connectivity index (χ3v) is 3.91. The smallest absolute Gasteiger partial charge is 0.250 e. The molecule has 26 heavy (non-hydrogen) atoms. The van der Waals surface area contributed by atoms with Crippen molar-refractivity contribution in [3.8, 4) is 5.75 Å². The molecule has 0 saturated heterocycles. The van der Waals surface area contributed by atoms with Crippen LogP contribution < -0.4 is 15.4 Å². The number of carbonyl (C=O) groups excluding carboxylic acids is 2. The summed E-state index contributed by atoms with van der Waals surface area (Å²) in [6.45, 7) is -0.0554. The molecule has 0 spiro atoms. The Morgan fingerprint density at radius 2 is 1.73 bits per heavy atom. The second-order valence-electron chi connectivity index (χ2n) is 5.57. The van der Waals surface area contributed by atoms with E-state index in [1.165, 1.54) is 7.11 Å². The fourth-order valence-electron chi connectivity index (χ4n) is 2.29. The van der Waals surface area contributed by atoms with Crippen LogP contribution in [0.2, 0.25) is 5.02 Å². The summed E-state index contributed by atoms with van der Waals surface area (Å²) in [4.78, 5) is 23.6. The summed E-state index contributed by atoms with van der Waals surface area (Å²) in [6.07, 6.45) is 0.963. The summed E-state index contributed by atoms with van der Waals surface area (Å²) in [5.74, 6) is 0.365. The lowest BCUT2D eigenvalue weighted by Gasteiger charge is -2.10. The lowest BCUT2D eigenvalue weighted by molar-refractivity contribution is -0.119. The molecule has 0 bridgehead atoms. The van der Waals surface area contributed by atoms with Crippen LogP contribution in [-0.2, 0) is 20.7 Å². The molecule has 2 amide bonds. The highest BCUT2D eigenvalue weighted by Gasteiger charge is 2.08. The van der Waals surface area contributed by atoms with E-state index in [2.05, 4.69) is 10.6 Å². The summed E-state index contributed by atoms with van der Waals surface area (Å²) in [7, 11) is 3.05. The quantitative estimate of drug-likeness (QED) is 0.739. The van der Waals surface area contributed by atoms with Gasteiger partial charge in [-0.1, -0.05) is 23.7 Å². The minimum absolute atomic E-state index is 0.0554. The van der Waals surface area contributed by atoms with Gasteiger partial charge in [0.1, 0.15) is 12.4 Å². The number of methoxy groups -OCH3 is 2. The van der Waals surface area contributed by atoms with Crippen molar-refractivity contribution in [2.45, 2.75) is 12.8 Å². The third kappa shape index (κ3) is 6.06. The fourth-order valence-corrected chi connectivity index (χ4v) is 2.51. The van der Waals surface area contributed by atoms with E-state index < -0.39 is 0 Å². The Labute approximate surface area is 157 Å². The summed E-state index contributed by atoms with van der Waals surface area (Å²) in [6, 6.07) is 12.5. The molecule has 0 aliphatic carbocycles. The van der Waals surface area contributed by atoms with Gasteiger partial charge < -0.3 is 20.1 Å². The molecule has 0 atom stereocenters. The highest BCUT2D eigenvalue weighted by molar-refractivity contribution is 6.34. The Hall–Kier alpha value is -2.57. The van der Waals surface area contributed by atoms with Crippen LogP contribution in [0.5, 0.6) is 5.75 Å². The molecule has 0 radical (unpaired) electrons. The Balaban J connectivity index is 1.87. The van der Waals surface area contributed by atoms with Gasteiger partial charge in [-0.25, -0.2) is 0 Å². The lowest BCUT2D eigenvalue weighted by atomic mass is 10.1. The molecule has 6 nitrogen and oxygen atoms in total. The zero-order chi connectivity index (χ0) is 18.9. The Bertz CT molecular complexity index is 763. The monoisotopic (exact) mass is 376 g/mol. The summed E-state index contributed by atoms with van der Waals surface area (Å²) >= 11 is 6.14. The van der Waals surface area contributed by atoms with Crippen molar-refractivity contribution < 1.29 is 19.1 Å². The Morgan fingerprint density at radius 3 is 2.35 bits per heavy atom. The van der Waals surface area contributed by atoms with E-state index in [1.807, 2.05) is 24.3 Å². The van der Waals surface area contributed by atoms with E-state index in [0.717, 1.165) is 11.3 Å². The highest BCUT2D eigenvalue weighted by atomic mass is 35.5. The molecule has 2 aromatic rings. The molecule has 2 aromatic carbocycles. The van der Waals surface area contributed by atoms with Crippen molar-refractivity contribution in [2.24, 2.45) is 0 Å². The van der Waals surface area contributed by atoms with Gasteiger partial charge in [-0.3, -0.25) is 9.59 Å². The van der Waals surface area contributed by atoms with E-state index >= 15 is 0 Å². The molecule has 2 rings (SSSR count). The van der Waals surface area contributed by atoms with Crippen molar-refractivity contribution in [2.75, 3.05) is 31.5 Å². The van der Waals surface area contributed by atoms with Gasteiger partial charge in [-0.2, -0.15) is 0 Å². The lowest BCUT2D eigenvalue weighted by Crippen LogP contribution is -2.17. The Morgan fingerprint density at radius 1 is 1.00 bits per heavy atom. The summed E-state index contributed by atoms with van der Waals surface area (Å²) in [5, 5.41) is 5.76. The zero-order valence-electron chi connectivity index (χ0n) is 14.7. The van der Waals surface area contributed by atoms with Crippen LogP contribution in [0, 0.1) is 0 Å². The van der Waals surface area contributed by atoms with Gasteiger partial charge in [-0.05, 0) is 42.3 Å². The maximum absolute atomic E-state index is 12.1. The molecule has 0 fully saturated rings. The first-order valence-electron chi connectivity index (χ1n) is 8.03. The standard InChI is InChI=1S/C19H21ClN2O4/c1-25-12-19(24)22-17-9-6-14(11-16(17)20)21-18(23)10-5-13-3-7-15(26-2)8-4-13/h3-4,6-9,11H,5,10,12H2,1-2H3,(H,21,23)(H,22,24). The van der Waals surface area contributed by atoms with Gasteiger partial charge in [0, 0.05) is 19.2 Å². The molecule has 0 aliphatic heterocycles. The van der Waals surface area contributed by atoms with Crippen molar-refractivity contribution in [3.05, 3.63) is 53.1 Å². The minimum atomic E-state index is -0.300. The van der Waals surface area contributed by atoms with Crippen LogP contribution in [0.15, 0.2) is 42.5 Å². The number of hydrogen-bond donors (Lipinski definition) is 2. The van der Waals surface area contributed by atoms with Gasteiger partial charge in [0.05, 0.1) is 17.8 Å². The normalized spacial score (nSPS) is 10.3. The fraction of sp³-hybridized carbons (Fsp3) is 0.263. The van der Waals surface area contributed by atoms with Gasteiger partial charge in [0.2, 0.25) is 11.8 Å². The number of halogens is 1. The van der Waals surface area contributed by atoms with Crippen molar-refractivity contribution in [3.63, 3.8) is 0 Å². The number of benzene rings is 2. The molecule has 138 valence electrons. The van der Waals surface area contributed by atoms with Crippen LogP contribution in [-0.4, -0.2) is 32.6 Å². The van der Waals surface area contributed by atoms with Crippen molar-refractivity contribution >= 4 is 34.8 Å². The number of ether oxygens (including phenoxy) is 2. The molecular weight excluding hydrogens is 356 g/mol. The molecule has 0 aromatic heterocycles. The van der Waals surface area contributed by atoms with E-state index in [0.29, 0.717) is 29.2 Å². The first-order valence-corrected chi connectivity index (χ1v) is 8.40. The predicted molar refractivity (Wildman–Crippen MR) is 102 cm³/mol. The predicted octanol–water partition coefficient (Wildman–Crippen LogP) is 3.50. The summed E-state index contributed by atoms with van der Waals surface area (Å²) in [5.41, 5.74) is 2.08. The first-order chi connectivity index (χ1) is 12.5. The third-order valence-electron chi connectivity index (χ3n) is 3.60. The maximum Gasteiger partial charge on any atom is 0.250 e.